The Morgan fingerprint density at radius 3 is 2.04 bits per heavy atom. The van der Waals surface area contributed by atoms with E-state index in [1.807, 2.05) is 0 Å². The van der Waals surface area contributed by atoms with Crippen molar-refractivity contribution >= 4 is 11.9 Å². The molecule has 0 fully saturated rings. The zero-order valence-corrected chi connectivity index (χ0v) is 12.7. The first kappa shape index (κ1) is 16.5. The van der Waals surface area contributed by atoms with Crippen molar-refractivity contribution in [3.05, 3.63) is 65.7 Å². The second-order valence-electron chi connectivity index (χ2n) is 5.20. The minimum atomic E-state index is -1.06. The summed E-state index contributed by atoms with van der Waals surface area (Å²) < 4.78 is 5.11. The van der Waals surface area contributed by atoms with Gasteiger partial charge in [-0.3, -0.25) is 9.59 Å². The molecule has 0 aliphatic rings. The van der Waals surface area contributed by atoms with Crippen molar-refractivity contribution in [2.45, 2.75) is 18.3 Å². The van der Waals surface area contributed by atoms with Crippen molar-refractivity contribution in [2.24, 2.45) is 0 Å². The van der Waals surface area contributed by atoms with Gasteiger partial charge in [-0.1, -0.05) is 42.5 Å². The van der Waals surface area contributed by atoms with Gasteiger partial charge in [-0.05, 0) is 29.7 Å². The number of ether oxygens (including phenoxy) is 1. The number of aliphatic carboxylic acids is 2. The van der Waals surface area contributed by atoms with E-state index in [2.05, 4.69) is 0 Å². The van der Waals surface area contributed by atoms with Gasteiger partial charge in [0, 0.05) is 0 Å². The Morgan fingerprint density at radius 1 is 0.913 bits per heavy atom. The molecule has 2 N–H and O–H groups in total. The van der Waals surface area contributed by atoms with Crippen LogP contribution in [0.15, 0.2) is 54.6 Å². The summed E-state index contributed by atoms with van der Waals surface area (Å²) >= 11 is 0. The molecule has 0 spiro atoms. The Bertz CT molecular complexity index is 681. The molecule has 0 amide bonds. The largest absolute Gasteiger partial charge is 0.497 e. The first-order valence-corrected chi connectivity index (χ1v) is 7.17. The summed E-state index contributed by atoms with van der Waals surface area (Å²) in [5, 5.41) is 19.0. The normalized spacial score (nSPS) is 13.1. The first-order valence-electron chi connectivity index (χ1n) is 7.17. The van der Waals surface area contributed by atoms with Crippen LogP contribution >= 0.6 is 0 Å². The SMILES string of the molecule is COc1cccc(C(CC(C(=O)O)c2ccccc2)C(=O)O)c1. The highest BCUT2D eigenvalue weighted by molar-refractivity contribution is 5.80. The number of benzene rings is 2. The predicted octanol–water partition coefficient (Wildman–Crippen LogP) is 3.12. The van der Waals surface area contributed by atoms with Gasteiger partial charge in [0.2, 0.25) is 0 Å². The third-order valence-corrected chi connectivity index (χ3v) is 3.77. The molecule has 2 unspecified atom stereocenters. The number of carbonyl (C=O) groups is 2. The summed E-state index contributed by atoms with van der Waals surface area (Å²) in [6.45, 7) is 0. The summed E-state index contributed by atoms with van der Waals surface area (Å²) in [6, 6.07) is 15.4. The zero-order valence-electron chi connectivity index (χ0n) is 12.7. The second kappa shape index (κ2) is 7.45. The predicted molar refractivity (Wildman–Crippen MR) is 84.8 cm³/mol. The van der Waals surface area contributed by atoms with E-state index >= 15 is 0 Å². The molecule has 0 saturated carbocycles. The second-order valence-corrected chi connectivity index (χ2v) is 5.20. The van der Waals surface area contributed by atoms with Crippen LogP contribution < -0.4 is 4.74 Å². The first-order chi connectivity index (χ1) is 11.0. The molecule has 120 valence electrons. The zero-order chi connectivity index (χ0) is 16.8. The van der Waals surface area contributed by atoms with Gasteiger partial charge in [-0.25, -0.2) is 0 Å². The molecular weight excluding hydrogens is 296 g/mol. The molecule has 5 heteroatoms. The Kier molecular flexibility index (Phi) is 5.36. The number of methoxy groups -OCH3 is 1. The number of rotatable bonds is 7. The van der Waals surface area contributed by atoms with Gasteiger partial charge in [0.05, 0.1) is 18.9 Å². The molecule has 2 aromatic carbocycles. The van der Waals surface area contributed by atoms with E-state index in [1.54, 1.807) is 54.6 Å². The lowest BCUT2D eigenvalue weighted by atomic mass is 9.85. The van der Waals surface area contributed by atoms with Gasteiger partial charge in [0.15, 0.2) is 0 Å². The van der Waals surface area contributed by atoms with Gasteiger partial charge in [-0.15, -0.1) is 0 Å². The third-order valence-electron chi connectivity index (χ3n) is 3.77. The van der Waals surface area contributed by atoms with Crippen molar-refractivity contribution in [3.8, 4) is 5.75 Å². The topological polar surface area (TPSA) is 83.8 Å². The molecule has 0 saturated heterocycles. The minimum absolute atomic E-state index is 0.0259. The van der Waals surface area contributed by atoms with Gasteiger partial charge < -0.3 is 14.9 Å². The molecule has 0 aromatic heterocycles. The molecule has 0 aliphatic carbocycles. The lowest BCUT2D eigenvalue weighted by molar-refractivity contribution is -0.141. The molecule has 5 nitrogen and oxygen atoms in total. The summed E-state index contributed by atoms with van der Waals surface area (Å²) in [5.41, 5.74) is 1.12. The molecule has 0 aliphatic heterocycles. The fourth-order valence-corrected chi connectivity index (χ4v) is 2.54. The highest BCUT2D eigenvalue weighted by atomic mass is 16.5. The maximum atomic E-state index is 11.7. The Labute approximate surface area is 134 Å². The Balaban J connectivity index is 2.33. The van der Waals surface area contributed by atoms with Gasteiger partial charge in [0.1, 0.15) is 5.75 Å². The van der Waals surface area contributed by atoms with Crippen molar-refractivity contribution in [3.63, 3.8) is 0 Å². The molecule has 23 heavy (non-hydrogen) atoms. The molecular formula is C18H18O5. The Hall–Kier alpha value is -2.82. The van der Waals surface area contributed by atoms with Gasteiger partial charge >= 0.3 is 11.9 Å². The van der Waals surface area contributed by atoms with Crippen LogP contribution in [0.25, 0.3) is 0 Å². The van der Waals surface area contributed by atoms with Crippen LogP contribution in [0.3, 0.4) is 0 Å². The smallest absolute Gasteiger partial charge is 0.311 e. The van der Waals surface area contributed by atoms with E-state index < -0.39 is 23.8 Å². The van der Waals surface area contributed by atoms with Crippen molar-refractivity contribution in [1.29, 1.82) is 0 Å². The van der Waals surface area contributed by atoms with E-state index in [-0.39, 0.29) is 6.42 Å². The van der Waals surface area contributed by atoms with Crippen LogP contribution in [0.4, 0.5) is 0 Å². The quantitative estimate of drug-likeness (QED) is 0.820. The van der Waals surface area contributed by atoms with Crippen molar-refractivity contribution in [1.82, 2.24) is 0 Å². The van der Waals surface area contributed by atoms with Crippen LogP contribution in [-0.4, -0.2) is 29.3 Å². The summed E-state index contributed by atoms with van der Waals surface area (Å²) in [4.78, 5) is 23.3. The van der Waals surface area contributed by atoms with Crippen LogP contribution in [0.2, 0.25) is 0 Å². The molecule has 2 aromatic rings. The maximum Gasteiger partial charge on any atom is 0.311 e. The minimum Gasteiger partial charge on any atom is -0.497 e. The summed E-state index contributed by atoms with van der Waals surface area (Å²) in [6.07, 6.45) is -0.0259. The van der Waals surface area contributed by atoms with Crippen LogP contribution in [-0.2, 0) is 9.59 Å². The highest BCUT2D eigenvalue weighted by Gasteiger charge is 2.29. The third kappa shape index (κ3) is 4.10. The van der Waals surface area contributed by atoms with E-state index in [9.17, 15) is 19.8 Å². The van der Waals surface area contributed by atoms with E-state index in [4.69, 9.17) is 4.74 Å². The molecule has 2 atom stereocenters. The number of hydrogen-bond donors (Lipinski definition) is 2. The number of hydrogen-bond acceptors (Lipinski definition) is 3. The highest BCUT2D eigenvalue weighted by Crippen LogP contribution is 2.32. The fourth-order valence-electron chi connectivity index (χ4n) is 2.54. The van der Waals surface area contributed by atoms with E-state index in [0.29, 0.717) is 16.9 Å². The van der Waals surface area contributed by atoms with Gasteiger partial charge in [0.25, 0.3) is 0 Å². The molecule has 0 bridgehead atoms. The maximum absolute atomic E-state index is 11.7. The monoisotopic (exact) mass is 314 g/mol. The van der Waals surface area contributed by atoms with Crippen molar-refractivity contribution in [2.75, 3.05) is 7.11 Å². The number of carboxylic acid groups (broad SMARTS) is 2. The molecule has 0 radical (unpaired) electrons. The van der Waals surface area contributed by atoms with E-state index in [0.717, 1.165) is 0 Å². The molecule has 2 rings (SSSR count). The lowest BCUT2D eigenvalue weighted by Gasteiger charge is -2.19. The summed E-state index contributed by atoms with van der Waals surface area (Å²) in [5.74, 6) is -3.36. The van der Waals surface area contributed by atoms with E-state index in [1.165, 1.54) is 7.11 Å². The van der Waals surface area contributed by atoms with Crippen LogP contribution in [0.5, 0.6) is 5.75 Å². The standard InChI is InChI=1S/C18H18O5/c1-23-14-9-5-8-13(10-14)16(18(21)22)11-15(17(19)20)12-6-3-2-4-7-12/h2-10,15-16H,11H2,1H3,(H,19,20)(H,21,22). The van der Waals surface area contributed by atoms with Gasteiger partial charge in [-0.2, -0.15) is 0 Å². The Morgan fingerprint density at radius 2 is 1.48 bits per heavy atom. The number of carboxylic acids is 2. The van der Waals surface area contributed by atoms with Crippen LogP contribution in [0.1, 0.15) is 29.4 Å². The lowest BCUT2D eigenvalue weighted by Crippen LogP contribution is -2.20. The summed E-state index contributed by atoms with van der Waals surface area (Å²) in [7, 11) is 1.50. The average molecular weight is 314 g/mol. The fraction of sp³-hybridized carbons (Fsp3) is 0.222. The average Bonchev–Trinajstić information content (AvgIpc) is 2.55. The van der Waals surface area contributed by atoms with Crippen molar-refractivity contribution < 1.29 is 24.5 Å². The van der Waals surface area contributed by atoms with Crippen LogP contribution in [0, 0.1) is 0 Å². The molecule has 0 heterocycles.